The van der Waals surface area contributed by atoms with Gasteiger partial charge in [0.1, 0.15) is 0 Å². The van der Waals surface area contributed by atoms with Crippen molar-refractivity contribution in [3.63, 3.8) is 0 Å². The Morgan fingerprint density at radius 3 is 2.94 bits per heavy atom. The largest absolute Gasteiger partial charge is 0.383 e. The van der Waals surface area contributed by atoms with Crippen molar-refractivity contribution in [2.45, 2.75) is 5.03 Å². The molecular formula is C8H14N4O4S. The average molecular weight is 262 g/mol. The van der Waals surface area contributed by atoms with Crippen LogP contribution in [0.5, 0.6) is 0 Å². The molecule has 0 unspecified atom stereocenters. The van der Waals surface area contributed by atoms with E-state index < -0.39 is 15.9 Å². The summed E-state index contributed by atoms with van der Waals surface area (Å²) in [6.45, 7) is 0.380. The minimum absolute atomic E-state index is 0.0813. The second kappa shape index (κ2) is 6.33. The molecule has 0 aliphatic heterocycles. The topological polar surface area (TPSA) is 113 Å². The predicted octanol–water partition coefficient (Wildman–Crippen LogP) is -1.55. The highest BCUT2D eigenvalue weighted by molar-refractivity contribution is 7.89. The van der Waals surface area contributed by atoms with E-state index in [1.807, 2.05) is 0 Å². The third-order valence-corrected chi connectivity index (χ3v) is 3.15. The molecule has 1 heterocycles. The molecule has 8 nitrogen and oxygen atoms in total. The molecule has 0 aromatic carbocycles. The van der Waals surface area contributed by atoms with Crippen LogP contribution in [0.1, 0.15) is 0 Å². The van der Waals surface area contributed by atoms with Crippen molar-refractivity contribution < 1.29 is 17.9 Å². The molecule has 1 aromatic rings. The van der Waals surface area contributed by atoms with Crippen LogP contribution < -0.4 is 10.0 Å². The number of hydrogen-bond acceptors (Lipinski definition) is 5. The Balaban J connectivity index is 2.38. The molecular weight excluding hydrogens is 248 g/mol. The number of H-pyrrole nitrogens is 1. The number of nitrogens with zero attached hydrogens (tertiary/aromatic N) is 1. The third-order valence-electron chi connectivity index (χ3n) is 1.82. The van der Waals surface area contributed by atoms with Crippen molar-refractivity contribution in [2.75, 3.05) is 26.8 Å². The van der Waals surface area contributed by atoms with Crippen LogP contribution in [0.2, 0.25) is 0 Å². The van der Waals surface area contributed by atoms with Gasteiger partial charge in [0.15, 0.2) is 5.03 Å². The maximum atomic E-state index is 11.5. The highest BCUT2D eigenvalue weighted by Crippen LogP contribution is 2.00. The predicted molar refractivity (Wildman–Crippen MR) is 58.7 cm³/mol. The van der Waals surface area contributed by atoms with Crippen molar-refractivity contribution in [3.8, 4) is 0 Å². The van der Waals surface area contributed by atoms with E-state index in [2.05, 4.69) is 20.2 Å². The number of aromatic amines is 1. The molecule has 1 amide bonds. The second-order valence-electron chi connectivity index (χ2n) is 3.09. The van der Waals surface area contributed by atoms with Gasteiger partial charge in [-0.15, -0.1) is 0 Å². The van der Waals surface area contributed by atoms with Gasteiger partial charge in [-0.2, -0.15) is 5.10 Å². The highest BCUT2D eigenvalue weighted by Gasteiger charge is 2.16. The van der Waals surface area contributed by atoms with Gasteiger partial charge in [0.25, 0.3) is 10.0 Å². The van der Waals surface area contributed by atoms with E-state index in [0.29, 0.717) is 13.2 Å². The average Bonchev–Trinajstić information content (AvgIpc) is 2.81. The van der Waals surface area contributed by atoms with E-state index >= 15 is 0 Å². The van der Waals surface area contributed by atoms with E-state index in [-0.39, 0.29) is 11.6 Å². The van der Waals surface area contributed by atoms with Crippen LogP contribution >= 0.6 is 0 Å². The molecule has 3 N–H and O–H groups in total. The summed E-state index contributed by atoms with van der Waals surface area (Å²) in [6.07, 6.45) is 1.31. The van der Waals surface area contributed by atoms with Crippen LogP contribution in [0.3, 0.4) is 0 Å². The van der Waals surface area contributed by atoms with Crippen molar-refractivity contribution >= 4 is 15.9 Å². The zero-order chi connectivity index (χ0) is 12.7. The second-order valence-corrected chi connectivity index (χ2v) is 4.82. The number of ether oxygens (including phenoxy) is 1. The highest BCUT2D eigenvalue weighted by atomic mass is 32.2. The van der Waals surface area contributed by atoms with Crippen molar-refractivity contribution in [3.05, 3.63) is 12.3 Å². The summed E-state index contributed by atoms with van der Waals surface area (Å²) in [4.78, 5) is 11.2. The summed E-state index contributed by atoms with van der Waals surface area (Å²) in [5.74, 6) is -0.426. The molecule has 0 aliphatic carbocycles. The standard InChI is InChI=1S/C8H14N4O4S/c1-16-5-4-9-7(13)6-11-17(14,15)8-2-3-10-12-8/h2-3,11H,4-6H2,1H3,(H,9,13)(H,10,12). The fraction of sp³-hybridized carbons (Fsp3) is 0.500. The zero-order valence-electron chi connectivity index (χ0n) is 9.26. The van der Waals surface area contributed by atoms with Crippen molar-refractivity contribution in [1.82, 2.24) is 20.2 Å². The van der Waals surface area contributed by atoms with Gasteiger partial charge in [-0.25, -0.2) is 13.1 Å². The lowest BCUT2D eigenvalue weighted by Gasteiger charge is -2.05. The smallest absolute Gasteiger partial charge is 0.257 e. The first kappa shape index (κ1) is 13.6. The van der Waals surface area contributed by atoms with Crippen LogP contribution in [0, 0.1) is 0 Å². The van der Waals surface area contributed by atoms with Gasteiger partial charge in [-0.05, 0) is 6.07 Å². The minimum Gasteiger partial charge on any atom is -0.383 e. The minimum atomic E-state index is -3.70. The summed E-state index contributed by atoms with van der Waals surface area (Å²) >= 11 is 0. The molecule has 0 atom stereocenters. The van der Waals surface area contributed by atoms with Gasteiger partial charge in [0.05, 0.1) is 19.3 Å². The molecule has 0 radical (unpaired) electrons. The molecule has 9 heteroatoms. The molecule has 0 fully saturated rings. The summed E-state index contributed by atoms with van der Waals surface area (Å²) in [5.41, 5.74) is 0. The molecule has 0 spiro atoms. The normalized spacial score (nSPS) is 11.4. The Morgan fingerprint density at radius 1 is 1.59 bits per heavy atom. The Morgan fingerprint density at radius 2 is 2.35 bits per heavy atom. The van der Waals surface area contributed by atoms with E-state index in [9.17, 15) is 13.2 Å². The Labute approximate surface area is 98.8 Å². The molecule has 0 bridgehead atoms. The van der Waals surface area contributed by atoms with Gasteiger partial charge < -0.3 is 10.1 Å². The molecule has 0 saturated carbocycles. The fourth-order valence-corrected chi connectivity index (χ4v) is 1.88. The van der Waals surface area contributed by atoms with Gasteiger partial charge >= 0.3 is 0 Å². The third kappa shape index (κ3) is 4.51. The first-order valence-electron chi connectivity index (χ1n) is 4.81. The van der Waals surface area contributed by atoms with Crippen LogP contribution in [-0.4, -0.2) is 51.3 Å². The Hall–Kier alpha value is -1.45. The number of sulfonamides is 1. The van der Waals surface area contributed by atoms with Crippen molar-refractivity contribution in [2.24, 2.45) is 0 Å². The summed E-state index contributed by atoms with van der Waals surface area (Å²) in [5, 5.41) is 8.22. The zero-order valence-corrected chi connectivity index (χ0v) is 10.1. The Bertz CT molecular complexity index is 442. The number of amides is 1. The van der Waals surface area contributed by atoms with Crippen molar-refractivity contribution in [1.29, 1.82) is 0 Å². The van der Waals surface area contributed by atoms with Crippen LogP contribution in [0.4, 0.5) is 0 Å². The van der Waals surface area contributed by atoms with Crippen LogP contribution in [-0.2, 0) is 19.6 Å². The molecule has 0 saturated heterocycles. The van der Waals surface area contributed by atoms with Gasteiger partial charge in [-0.1, -0.05) is 0 Å². The van der Waals surface area contributed by atoms with E-state index in [1.165, 1.54) is 19.4 Å². The Kier molecular flexibility index (Phi) is 5.07. The number of nitrogens with one attached hydrogen (secondary N) is 3. The number of methoxy groups -OCH3 is 1. The number of aromatic nitrogens is 2. The lowest BCUT2D eigenvalue weighted by atomic mass is 10.6. The number of hydrogen-bond donors (Lipinski definition) is 3. The van der Waals surface area contributed by atoms with Gasteiger partial charge in [0.2, 0.25) is 5.91 Å². The van der Waals surface area contributed by atoms with E-state index in [4.69, 9.17) is 4.74 Å². The lowest BCUT2D eigenvalue weighted by molar-refractivity contribution is -0.120. The quantitative estimate of drug-likeness (QED) is 0.515. The molecule has 1 aromatic heterocycles. The number of carbonyl (C=O) groups is 1. The number of carbonyl (C=O) groups excluding carboxylic acids is 1. The molecule has 0 aliphatic rings. The molecule has 1 rings (SSSR count). The molecule has 96 valence electrons. The van der Waals surface area contributed by atoms with Crippen LogP contribution in [0.25, 0.3) is 0 Å². The monoisotopic (exact) mass is 262 g/mol. The first-order chi connectivity index (χ1) is 8.06. The SMILES string of the molecule is COCCNC(=O)CNS(=O)(=O)c1ccn[nH]1. The summed E-state index contributed by atoms with van der Waals surface area (Å²) < 4.78 is 29.9. The maximum Gasteiger partial charge on any atom is 0.257 e. The van der Waals surface area contributed by atoms with E-state index in [0.717, 1.165) is 0 Å². The summed E-state index contributed by atoms with van der Waals surface area (Å²) in [7, 11) is -2.20. The fourth-order valence-electron chi connectivity index (χ4n) is 0.986. The maximum absolute atomic E-state index is 11.5. The first-order valence-corrected chi connectivity index (χ1v) is 6.29. The van der Waals surface area contributed by atoms with Crippen LogP contribution in [0.15, 0.2) is 17.3 Å². The number of rotatable bonds is 7. The summed E-state index contributed by atoms with van der Waals surface area (Å²) in [6, 6.07) is 1.30. The van der Waals surface area contributed by atoms with Gasteiger partial charge in [0, 0.05) is 13.7 Å². The lowest BCUT2D eigenvalue weighted by Crippen LogP contribution is -2.38. The van der Waals surface area contributed by atoms with E-state index in [1.54, 1.807) is 0 Å². The van der Waals surface area contributed by atoms with Gasteiger partial charge in [-0.3, -0.25) is 9.89 Å². The molecule has 17 heavy (non-hydrogen) atoms.